The predicted octanol–water partition coefficient (Wildman–Crippen LogP) is 5.03. The first-order chi connectivity index (χ1) is 11.7. The van der Waals surface area contributed by atoms with Crippen LogP contribution in [-0.2, 0) is 19.4 Å². The largest absolute Gasteiger partial charge is 0.496 e. The second kappa shape index (κ2) is 9.21. The van der Waals surface area contributed by atoms with Crippen molar-refractivity contribution in [1.29, 1.82) is 0 Å². The zero-order chi connectivity index (χ0) is 16.9. The Bertz CT molecular complexity index is 677. The summed E-state index contributed by atoms with van der Waals surface area (Å²) in [5, 5.41) is 0. The third kappa shape index (κ3) is 4.53. The van der Waals surface area contributed by atoms with Crippen molar-refractivity contribution in [3.63, 3.8) is 0 Å². The van der Waals surface area contributed by atoms with Crippen molar-refractivity contribution >= 4 is 12.4 Å². The van der Waals surface area contributed by atoms with Crippen LogP contribution >= 0.6 is 12.4 Å². The highest BCUT2D eigenvalue weighted by atomic mass is 35.5. The predicted molar refractivity (Wildman–Crippen MR) is 103 cm³/mol. The molecule has 1 aliphatic carbocycles. The molecule has 0 amide bonds. The van der Waals surface area contributed by atoms with E-state index in [-0.39, 0.29) is 18.2 Å². The van der Waals surface area contributed by atoms with Crippen LogP contribution < -0.4 is 4.74 Å². The molecule has 25 heavy (non-hydrogen) atoms. The SMILES string of the molecule is CCCN(Cc1ccccc1)C1CCc2c(F)ccc(OC)c2C1.Cl. The first-order valence-corrected chi connectivity index (χ1v) is 8.85. The van der Waals surface area contributed by atoms with Crippen LogP contribution in [0.4, 0.5) is 4.39 Å². The topological polar surface area (TPSA) is 12.5 Å². The number of hydrogen-bond acceptors (Lipinski definition) is 2. The van der Waals surface area contributed by atoms with Gasteiger partial charge in [0.25, 0.3) is 0 Å². The summed E-state index contributed by atoms with van der Waals surface area (Å²) in [5.41, 5.74) is 3.24. The Morgan fingerprint density at radius 1 is 1.12 bits per heavy atom. The molecule has 0 fully saturated rings. The summed E-state index contributed by atoms with van der Waals surface area (Å²) in [6.45, 7) is 4.23. The second-order valence-electron chi connectivity index (χ2n) is 6.56. The molecule has 0 N–H and O–H groups in total. The van der Waals surface area contributed by atoms with Crippen LogP contribution in [0.3, 0.4) is 0 Å². The van der Waals surface area contributed by atoms with Crippen molar-refractivity contribution in [3.8, 4) is 5.75 Å². The van der Waals surface area contributed by atoms with Gasteiger partial charge in [0.15, 0.2) is 0 Å². The van der Waals surface area contributed by atoms with Crippen LogP contribution in [-0.4, -0.2) is 24.6 Å². The van der Waals surface area contributed by atoms with E-state index in [1.54, 1.807) is 13.2 Å². The number of ether oxygens (including phenoxy) is 1. The molecule has 0 radical (unpaired) electrons. The molecular formula is C21H27ClFNO. The minimum Gasteiger partial charge on any atom is -0.496 e. The molecule has 0 bridgehead atoms. The van der Waals surface area contributed by atoms with E-state index in [0.717, 1.165) is 55.6 Å². The number of methoxy groups -OCH3 is 1. The molecule has 0 heterocycles. The van der Waals surface area contributed by atoms with Crippen molar-refractivity contribution in [2.24, 2.45) is 0 Å². The summed E-state index contributed by atoms with van der Waals surface area (Å²) in [5.74, 6) is 0.738. The van der Waals surface area contributed by atoms with E-state index in [4.69, 9.17) is 4.74 Å². The number of nitrogens with zero attached hydrogens (tertiary/aromatic N) is 1. The van der Waals surface area contributed by atoms with Gasteiger partial charge in [-0.2, -0.15) is 0 Å². The van der Waals surface area contributed by atoms with Gasteiger partial charge in [-0.25, -0.2) is 4.39 Å². The summed E-state index contributed by atoms with van der Waals surface area (Å²) >= 11 is 0. The van der Waals surface area contributed by atoms with Crippen LogP contribution in [0.25, 0.3) is 0 Å². The van der Waals surface area contributed by atoms with Crippen LogP contribution in [0.5, 0.6) is 5.75 Å². The Labute approximate surface area is 156 Å². The summed E-state index contributed by atoms with van der Waals surface area (Å²) in [6.07, 6.45) is 3.78. The van der Waals surface area contributed by atoms with Crippen molar-refractivity contribution in [1.82, 2.24) is 4.90 Å². The number of halogens is 2. The summed E-state index contributed by atoms with van der Waals surface area (Å²) < 4.78 is 19.6. The average molecular weight is 364 g/mol. The van der Waals surface area contributed by atoms with E-state index in [2.05, 4.69) is 42.2 Å². The van der Waals surface area contributed by atoms with Gasteiger partial charge in [-0.15, -0.1) is 12.4 Å². The standard InChI is InChI=1S/C21H26FNO.ClH/c1-3-13-23(15-16-7-5-4-6-8-16)17-9-10-18-19(14-17)21(24-2)12-11-20(18)22;/h4-8,11-12,17H,3,9-10,13-15H2,1-2H3;1H. The van der Waals surface area contributed by atoms with Gasteiger partial charge in [0, 0.05) is 18.2 Å². The van der Waals surface area contributed by atoms with Gasteiger partial charge in [0.05, 0.1) is 7.11 Å². The molecule has 1 aliphatic rings. The lowest BCUT2D eigenvalue weighted by atomic mass is 9.86. The molecule has 2 aromatic carbocycles. The number of hydrogen-bond donors (Lipinski definition) is 0. The zero-order valence-electron chi connectivity index (χ0n) is 15.0. The fourth-order valence-electron chi connectivity index (χ4n) is 3.78. The highest BCUT2D eigenvalue weighted by molar-refractivity contribution is 5.85. The molecule has 1 atom stereocenters. The van der Waals surface area contributed by atoms with Gasteiger partial charge in [-0.3, -0.25) is 4.90 Å². The smallest absolute Gasteiger partial charge is 0.126 e. The van der Waals surface area contributed by atoms with E-state index >= 15 is 0 Å². The molecule has 0 spiro atoms. The van der Waals surface area contributed by atoms with E-state index in [1.165, 1.54) is 11.6 Å². The molecule has 3 rings (SSSR count). The number of fused-ring (bicyclic) bond motifs is 1. The number of rotatable bonds is 6. The third-order valence-electron chi connectivity index (χ3n) is 4.97. The molecule has 0 aromatic heterocycles. The maximum absolute atomic E-state index is 14.1. The number of benzene rings is 2. The van der Waals surface area contributed by atoms with E-state index < -0.39 is 0 Å². The van der Waals surface area contributed by atoms with Crippen LogP contribution in [0, 0.1) is 5.82 Å². The summed E-state index contributed by atoms with van der Waals surface area (Å²) in [4.78, 5) is 2.54. The minimum atomic E-state index is -0.0886. The summed E-state index contributed by atoms with van der Waals surface area (Å²) in [6, 6.07) is 14.3. The lowest BCUT2D eigenvalue weighted by molar-refractivity contribution is 0.169. The zero-order valence-corrected chi connectivity index (χ0v) is 15.8. The molecule has 136 valence electrons. The quantitative estimate of drug-likeness (QED) is 0.714. The second-order valence-corrected chi connectivity index (χ2v) is 6.56. The maximum atomic E-state index is 14.1. The highest BCUT2D eigenvalue weighted by Gasteiger charge is 2.28. The van der Waals surface area contributed by atoms with Crippen LogP contribution in [0.2, 0.25) is 0 Å². The van der Waals surface area contributed by atoms with Gasteiger partial charge in [0.2, 0.25) is 0 Å². The molecular weight excluding hydrogens is 337 g/mol. The normalized spacial score (nSPS) is 16.2. The Balaban J connectivity index is 0.00000225. The fourth-order valence-corrected chi connectivity index (χ4v) is 3.78. The van der Waals surface area contributed by atoms with Crippen molar-refractivity contribution < 1.29 is 9.13 Å². The first-order valence-electron chi connectivity index (χ1n) is 8.85. The third-order valence-corrected chi connectivity index (χ3v) is 4.97. The lowest BCUT2D eigenvalue weighted by Gasteiger charge is -2.35. The fraction of sp³-hybridized carbons (Fsp3) is 0.429. The Morgan fingerprint density at radius 2 is 1.88 bits per heavy atom. The minimum absolute atomic E-state index is 0. The summed E-state index contributed by atoms with van der Waals surface area (Å²) in [7, 11) is 1.67. The van der Waals surface area contributed by atoms with Crippen molar-refractivity contribution in [2.75, 3.05) is 13.7 Å². The Hall–Kier alpha value is -1.58. The molecule has 0 saturated heterocycles. The van der Waals surface area contributed by atoms with Gasteiger partial charge >= 0.3 is 0 Å². The molecule has 0 aliphatic heterocycles. The maximum Gasteiger partial charge on any atom is 0.126 e. The molecule has 1 unspecified atom stereocenters. The average Bonchev–Trinajstić information content (AvgIpc) is 2.62. The first kappa shape index (κ1) is 19.7. The molecule has 2 aromatic rings. The monoisotopic (exact) mass is 363 g/mol. The molecule has 0 saturated carbocycles. The van der Waals surface area contributed by atoms with Crippen molar-refractivity contribution in [2.45, 2.75) is 45.2 Å². The molecule has 2 nitrogen and oxygen atoms in total. The highest BCUT2D eigenvalue weighted by Crippen LogP contribution is 2.33. The van der Waals surface area contributed by atoms with E-state index in [1.807, 2.05) is 0 Å². The van der Waals surface area contributed by atoms with Gasteiger partial charge in [0.1, 0.15) is 11.6 Å². The lowest BCUT2D eigenvalue weighted by Crippen LogP contribution is -2.39. The van der Waals surface area contributed by atoms with E-state index in [9.17, 15) is 4.39 Å². The van der Waals surface area contributed by atoms with E-state index in [0.29, 0.717) is 6.04 Å². The Kier molecular flexibility index (Phi) is 7.27. The van der Waals surface area contributed by atoms with Crippen molar-refractivity contribution in [3.05, 3.63) is 65.0 Å². The van der Waals surface area contributed by atoms with Crippen LogP contribution in [0.15, 0.2) is 42.5 Å². The van der Waals surface area contributed by atoms with Crippen LogP contribution in [0.1, 0.15) is 36.5 Å². The van der Waals surface area contributed by atoms with Gasteiger partial charge in [-0.1, -0.05) is 37.3 Å². The Morgan fingerprint density at radius 3 is 2.56 bits per heavy atom. The molecule has 4 heteroatoms. The van der Waals surface area contributed by atoms with Gasteiger partial charge in [-0.05, 0) is 55.5 Å². The van der Waals surface area contributed by atoms with Gasteiger partial charge < -0.3 is 4.74 Å².